The van der Waals surface area contributed by atoms with Crippen molar-refractivity contribution < 1.29 is 4.79 Å². The van der Waals surface area contributed by atoms with Crippen molar-refractivity contribution in [3.63, 3.8) is 0 Å². The highest BCUT2D eigenvalue weighted by Crippen LogP contribution is 2.12. The van der Waals surface area contributed by atoms with Gasteiger partial charge in [-0.3, -0.25) is 4.79 Å². The van der Waals surface area contributed by atoms with Gasteiger partial charge in [-0.05, 0) is 64.2 Å². The van der Waals surface area contributed by atoms with Gasteiger partial charge in [0, 0.05) is 13.0 Å². The van der Waals surface area contributed by atoms with Gasteiger partial charge >= 0.3 is 0 Å². The fraction of sp³-hybridized carbons (Fsp3) is 0.433. The number of nitrogens with one attached hydrogen (secondary N) is 1. The second kappa shape index (κ2) is 21.6. The van der Waals surface area contributed by atoms with Crippen molar-refractivity contribution in [1.29, 1.82) is 0 Å². The van der Waals surface area contributed by atoms with Crippen LogP contribution in [0, 0.1) is 0 Å². The summed E-state index contributed by atoms with van der Waals surface area (Å²) in [5.74, 6) is 0.143. The third-order valence-corrected chi connectivity index (χ3v) is 4.94. The zero-order valence-corrected chi connectivity index (χ0v) is 20.1. The summed E-state index contributed by atoms with van der Waals surface area (Å²) in [5, 5.41) is 3.01. The van der Waals surface area contributed by atoms with Crippen molar-refractivity contribution in [3.8, 4) is 0 Å². The van der Waals surface area contributed by atoms with Crippen molar-refractivity contribution in [3.05, 3.63) is 96.7 Å². The Morgan fingerprint density at radius 1 is 0.781 bits per heavy atom. The van der Waals surface area contributed by atoms with Crippen molar-refractivity contribution in [1.82, 2.24) is 5.32 Å². The van der Waals surface area contributed by atoms with Gasteiger partial charge in [0.2, 0.25) is 5.91 Å². The van der Waals surface area contributed by atoms with Gasteiger partial charge in [-0.2, -0.15) is 0 Å². The third kappa shape index (κ3) is 18.2. The molecule has 0 aromatic heterocycles. The van der Waals surface area contributed by atoms with Crippen molar-refractivity contribution >= 4 is 5.91 Å². The van der Waals surface area contributed by atoms with Crippen LogP contribution in [0.25, 0.3) is 0 Å². The standard InChI is InChI=1S/C30H43NO/c1-2-3-4-5-6-7-8-9-10-11-12-13-14-15-16-17-18-19-23-26-30(32)31-28-27-29-24-21-20-22-25-29/h3-4,6-7,9-10,12-13,15-16,18-19,21,24-25H,2,5,8,11,14,17,20,22-23,26-28H2,1H3,(H,31,32)/b4-3-,7-6-,10-9-,13-12-,16-15-,19-18-. The lowest BCUT2D eigenvalue weighted by molar-refractivity contribution is -0.120. The lowest BCUT2D eigenvalue weighted by atomic mass is 10.0. The number of hydrogen-bond acceptors (Lipinski definition) is 1. The predicted octanol–water partition coefficient (Wildman–Crippen LogP) is 8.25. The van der Waals surface area contributed by atoms with Crippen LogP contribution < -0.4 is 5.32 Å². The topological polar surface area (TPSA) is 29.1 Å². The van der Waals surface area contributed by atoms with Gasteiger partial charge in [0.15, 0.2) is 0 Å². The van der Waals surface area contributed by atoms with Crippen LogP contribution >= 0.6 is 0 Å². The number of carbonyl (C=O) groups is 1. The Morgan fingerprint density at radius 3 is 1.81 bits per heavy atom. The molecule has 32 heavy (non-hydrogen) atoms. The van der Waals surface area contributed by atoms with Gasteiger partial charge in [0.25, 0.3) is 0 Å². The van der Waals surface area contributed by atoms with Gasteiger partial charge in [-0.25, -0.2) is 0 Å². The first-order chi connectivity index (χ1) is 15.8. The smallest absolute Gasteiger partial charge is 0.220 e. The van der Waals surface area contributed by atoms with E-state index in [1.54, 1.807) is 0 Å². The maximum Gasteiger partial charge on any atom is 0.220 e. The number of hydrogen-bond donors (Lipinski definition) is 1. The minimum atomic E-state index is 0.143. The molecule has 1 aliphatic carbocycles. The van der Waals surface area contributed by atoms with Gasteiger partial charge in [-0.15, -0.1) is 0 Å². The molecule has 0 aromatic carbocycles. The van der Waals surface area contributed by atoms with Gasteiger partial charge in [0.1, 0.15) is 0 Å². The van der Waals surface area contributed by atoms with Crippen molar-refractivity contribution in [2.75, 3.05) is 6.54 Å². The maximum absolute atomic E-state index is 11.9. The van der Waals surface area contributed by atoms with E-state index < -0.39 is 0 Å². The Hall–Kier alpha value is -2.61. The van der Waals surface area contributed by atoms with Crippen molar-refractivity contribution in [2.45, 2.75) is 77.6 Å². The Balaban J connectivity index is 1.94. The highest BCUT2D eigenvalue weighted by atomic mass is 16.1. The number of rotatable bonds is 17. The van der Waals surface area contributed by atoms with Crippen LogP contribution in [0.1, 0.15) is 77.6 Å². The summed E-state index contributed by atoms with van der Waals surface area (Å²) in [6.07, 6.45) is 43.6. The molecule has 0 heterocycles. The summed E-state index contributed by atoms with van der Waals surface area (Å²) in [5.41, 5.74) is 1.34. The van der Waals surface area contributed by atoms with E-state index in [1.807, 2.05) is 0 Å². The van der Waals surface area contributed by atoms with E-state index in [9.17, 15) is 4.79 Å². The van der Waals surface area contributed by atoms with E-state index >= 15 is 0 Å². The fourth-order valence-corrected chi connectivity index (χ4v) is 3.14. The molecule has 2 heteroatoms. The molecule has 0 fully saturated rings. The first kappa shape index (κ1) is 27.4. The summed E-state index contributed by atoms with van der Waals surface area (Å²) in [4.78, 5) is 11.9. The molecule has 0 aromatic rings. The second-order valence-corrected chi connectivity index (χ2v) is 7.81. The second-order valence-electron chi connectivity index (χ2n) is 7.81. The van der Waals surface area contributed by atoms with Crippen LogP contribution in [0.4, 0.5) is 0 Å². The van der Waals surface area contributed by atoms with Crippen molar-refractivity contribution in [2.24, 2.45) is 0 Å². The SMILES string of the molecule is CC/C=C\C/C=C\C/C=C\C/C=C\C/C=C\C/C=C\CCC(=O)NCCC1=CCCC=C1. The average molecular weight is 434 g/mol. The lowest BCUT2D eigenvalue weighted by Gasteiger charge is -2.07. The van der Waals surface area contributed by atoms with E-state index in [4.69, 9.17) is 0 Å². The molecule has 0 saturated heterocycles. The largest absolute Gasteiger partial charge is 0.356 e. The molecule has 0 unspecified atom stereocenters. The van der Waals surface area contributed by atoms with E-state index in [0.717, 1.165) is 70.8 Å². The van der Waals surface area contributed by atoms with Crippen LogP contribution in [0.15, 0.2) is 96.7 Å². The fourth-order valence-electron chi connectivity index (χ4n) is 3.14. The first-order valence-corrected chi connectivity index (χ1v) is 12.3. The van der Waals surface area contributed by atoms with E-state index in [0.29, 0.717) is 6.42 Å². The molecule has 1 amide bonds. The molecular formula is C30H43NO. The molecule has 1 N–H and O–H groups in total. The van der Waals surface area contributed by atoms with Crippen LogP contribution in [0.5, 0.6) is 0 Å². The molecule has 0 aliphatic heterocycles. The number of carbonyl (C=O) groups excluding carboxylic acids is 1. The van der Waals surface area contributed by atoms with Crippen LogP contribution in [0.3, 0.4) is 0 Å². The Labute approximate surface area is 197 Å². The highest BCUT2D eigenvalue weighted by Gasteiger charge is 2.01. The number of allylic oxidation sites excluding steroid dienone is 15. The minimum Gasteiger partial charge on any atom is -0.356 e. The first-order valence-electron chi connectivity index (χ1n) is 12.3. The van der Waals surface area contributed by atoms with E-state index in [-0.39, 0.29) is 5.91 Å². The summed E-state index contributed by atoms with van der Waals surface area (Å²) >= 11 is 0. The van der Waals surface area contributed by atoms with Crippen LogP contribution in [-0.4, -0.2) is 12.5 Å². The molecule has 0 spiro atoms. The van der Waals surface area contributed by atoms with Gasteiger partial charge in [0.05, 0.1) is 0 Å². The molecule has 2 nitrogen and oxygen atoms in total. The molecule has 174 valence electrons. The molecule has 1 aliphatic rings. The minimum absolute atomic E-state index is 0.143. The Morgan fingerprint density at radius 2 is 1.31 bits per heavy atom. The summed E-state index contributed by atoms with van der Waals surface area (Å²) in [6, 6.07) is 0. The quantitative estimate of drug-likeness (QED) is 0.230. The molecule has 0 atom stereocenters. The summed E-state index contributed by atoms with van der Waals surface area (Å²) in [6.45, 7) is 2.89. The average Bonchev–Trinajstić information content (AvgIpc) is 2.81. The van der Waals surface area contributed by atoms with E-state index in [1.165, 1.54) is 5.57 Å². The molecule has 0 radical (unpaired) electrons. The predicted molar refractivity (Wildman–Crippen MR) is 142 cm³/mol. The molecular weight excluding hydrogens is 390 g/mol. The Bertz CT molecular complexity index is 713. The van der Waals surface area contributed by atoms with Gasteiger partial charge in [-0.1, -0.05) is 104 Å². The zero-order chi connectivity index (χ0) is 23.0. The summed E-state index contributed by atoms with van der Waals surface area (Å²) in [7, 11) is 0. The van der Waals surface area contributed by atoms with E-state index in [2.05, 4.69) is 103 Å². The molecule has 0 saturated carbocycles. The normalized spacial score (nSPS) is 14.8. The van der Waals surface area contributed by atoms with Crippen LogP contribution in [-0.2, 0) is 4.79 Å². The zero-order valence-electron chi connectivity index (χ0n) is 20.1. The summed E-state index contributed by atoms with van der Waals surface area (Å²) < 4.78 is 0. The Kier molecular flexibility index (Phi) is 18.5. The highest BCUT2D eigenvalue weighted by molar-refractivity contribution is 5.75. The third-order valence-electron chi connectivity index (χ3n) is 4.94. The van der Waals surface area contributed by atoms with Crippen LogP contribution in [0.2, 0.25) is 0 Å². The molecule has 0 bridgehead atoms. The monoisotopic (exact) mass is 433 g/mol. The molecule has 1 rings (SSSR count). The lowest BCUT2D eigenvalue weighted by Crippen LogP contribution is -2.24. The number of amides is 1. The maximum atomic E-state index is 11.9. The van der Waals surface area contributed by atoms with Gasteiger partial charge < -0.3 is 5.32 Å².